The molecule has 1 aromatic heterocycles. The first-order chi connectivity index (χ1) is 10.5. The molecule has 0 bridgehead atoms. The van der Waals surface area contributed by atoms with E-state index in [4.69, 9.17) is 0 Å². The summed E-state index contributed by atoms with van der Waals surface area (Å²) in [5, 5.41) is 10.0. The van der Waals surface area contributed by atoms with E-state index in [0.29, 0.717) is 6.42 Å². The Morgan fingerprint density at radius 1 is 1.32 bits per heavy atom. The molecule has 5 heteroatoms. The molecule has 22 heavy (non-hydrogen) atoms. The van der Waals surface area contributed by atoms with Crippen molar-refractivity contribution in [1.29, 1.82) is 0 Å². The fourth-order valence-electron chi connectivity index (χ4n) is 3.09. The monoisotopic (exact) mass is 298 g/mol. The molecule has 1 aromatic carbocycles. The first-order valence-corrected chi connectivity index (χ1v) is 7.74. The topological polar surface area (TPSA) is 70.7 Å². The molecular formula is C17H22N4O. The van der Waals surface area contributed by atoms with Gasteiger partial charge in [-0.25, -0.2) is 4.98 Å². The van der Waals surface area contributed by atoms with Crippen LogP contribution in [0.25, 0.3) is 0 Å². The molecule has 0 aliphatic heterocycles. The Morgan fingerprint density at radius 3 is 2.59 bits per heavy atom. The maximum Gasteiger partial charge on any atom is 0.221 e. The lowest BCUT2D eigenvalue weighted by molar-refractivity contribution is -0.125. The van der Waals surface area contributed by atoms with Crippen LogP contribution in [0.2, 0.25) is 0 Å². The molecule has 1 saturated carbocycles. The third-order valence-corrected chi connectivity index (χ3v) is 4.61. The van der Waals surface area contributed by atoms with Gasteiger partial charge in [0, 0.05) is 6.42 Å². The summed E-state index contributed by atoms with van der Waals surface area (Å²) < 4.78 is 0. The second-order valence-electron chi connectivity index (χ2n) is 6.74. The van der Waals surface area contributed by atoms with Gasteiger partial charge in [0.15, 0.2) is 0 Å². The van der Waals surface area contributed by atoms with Gasteiger partial charge in [-0.1, -0.05) is 44.2 Å². The van der Waals surface area contributed by atoms with Crippen LogP contribution in [-0.4, -0.2) is 21.1 Å². The van der Waals surface area contributed by atoms with Crippen LogP contribution < -0.4 is 5.32 Å². The van der Waals surface area contributed by atoms with Crippen molar-refractivity contribution < 1.29 is 4.79 Å². The highest BCUT2D eigenvalue weighted by molar-refractivity contribution is 5.78. The van der Waals surface area contributed by atoms with Crippen molar-refractivity contribution in [3.63, 3.8) is 0 Å². The van der Waals surface area contributed by atoms with Crippen LogP contribution in [0.4, 0.5) is 0 Å². The number of carbonyl (C=O) groups is 1. The lowest BCUT2D eigenvalue weighted by atomic mass is 9.75. The maximum atomic E-state index is 12.6. The van der Waals surface area contributed by atoms with E-state index in [1.807, 2.05) is 18.2 Å². The fraction of sp³-hybridized carbons (Fsp3) is 0.471. The number of benzene rings is 1. The number of carbonyl (C=O) groups excluding carboxylic acids is 1. The zero-order valence-electron chi connectivity index (χ0n) is 13.1. The first-order valence-electron chi connectivity index (χ1n) is 7.74. The number of H-pyrrole nitrogens is 1. The average Bonchev–Trinajstić information content (AvgIpc) is 2.98. The number of aromatic amines is 1. The maximum absolute atomic E-state index is 12.6. The van der Waals surface area contributed by atoms with Gasteiger partial charge in [-0.15, -0.1) is 0 Å². The molecular weight excluding hydrogens is 276 g/mol. The van der Waals surface area contributed by atoms with Crippen LogP contribution in [0.15, 0.2) is 36.7 Å². The van der Waals surface area contributed by atoms with E-state index in [-0.39, 0.29) is 16.9 Å². The molecule has 3 rings (SSSR count). The number of nitrogens with zero attached hydrogens (tertiary/aromatic N) is 2. The van der Waals surface area contributed by atoms with E-state index in [2.05, 4.69) is 46.5 Å². The molecule has 1 fully saturated rings. The van der Waals surface area contributed by atoms with Crippen molar-refractivity contribution >= 4 is 5.91 Å². The third kappa shape index (κ3) is 2.75. The zero-order chi connectivity index (χ0) is 15.6. The van der Waals surface area contributed by atoms with Crippen LogP contribution >= 0.6 is 0 Å². The van der Waals surface area contributed by atoms with Crippen LogP contribution in [0, 0.1) is 0 Å². The zero-order valence-corrected chi connectivity index (χ0v) is 13.1. The second-order valence-corrected chi connectivity index (χ2v) is 6.74. The molecule has 2 N–H and O–H groups in total. The van der Waals surface area contributed by atoms with Crippen molar-refractivity contribution in [1.82, 2.24) is 20.5 Å². The van der Waals surface area contributed by atoms with Gasteiger partial charge in [-0.05, 0) is 30.2 Å². The van der Waals surface area contributed by atoms with Crippen molar-refractivity contribution in [3.05, 3.63) is 48.0 Å². The lowest BCUT2D eigenvalue weighted by Crippen LogP contribution is -2.52. The summed E-state index contributed by atoms with van der Waals surface area (Å²) in [4.78, 5) is 16.8. The summed E-state index contributed by atoms with van der Waals surface area (Å²) >= 11 is 0. The fourth-order valence-corrected chi connectivity index (χ4v) is 3.09. The van der Waals surface area contributed by atoms with E-state index >= 15 is 0 Å². The van der Waals surface area contributed by atoms with Crippen LogP contribution in [-0.2, 0) is 15.7 Å². The smallest absolute Gasteiger partial charge is 0.221 e. The Balaban J connectivity index is 1.70. The lowest BCUT2D eigenvalue weighted by Gasteiger charge is -2.41. The largest absolute Gasteiger partial charge is 0.343 e. The summed E-state index contributed by atoms with van der Waals surface area (Å²) in [5.74, 6) is 0.828. The van der Waals surface area contributed by atoms with Crippen molar-refractivity contribution in [2.75, 3.05) is 0 Å². The molecule has 0 unspecified atom stereocenters. The summed E-state index contributed by atoms with van der Waals surface area (Å²) in [7, 11) is 0. The van der Waals surface area contributed by atoms with E-state index in [9.17, 15) is 4.79 Å². The highest BCUT2D eigenvalue weighted by Crippen LogP contribution is 2.39. The Morgan fingerprint density at radius 2 is 2.05 bits per heavy atom. The van der Waals surface area contributed by atoms with Gasteiger partial charge >= 0.3 is 0 Å². The summed E-state index contributed by atoms with van der Waals surface area (Å²) in [6.45, 7) is 4.20. The minimum atomic E-state index is -0.347. The van der Waals surface area contributed by atoms with Crippen molar-refractivity contribution in [2.45, 2.75) is 50.5 Å². The number of amides is 1. The molecule has 5 nitrogen and oxygen atoms in total. The molecule has 0 saturated heterocycles. The van der Waals surface area contributed by atoms with Crippen LogP contribution in [0.1, 0.15) is 50.9 Å². The van der Waals surface area contributed by atoms with Gasteiger partial charge in [0.25, 0.3) is 0 Å². The third-order valence-electron chi connectivity index (χ3n) is 4.61. The number of hydrogen-bond donors (Lipinski definition) is 2. The van der Waals surface area contributed by atoms with Gasteiger partial charge < -0.3 is 5.32 Å². The van der Waals surface area contributed by atoms with Gasteiger partial charge in [-0.3, -0.25) is 9.89 Å². The highest BCUT2D eigenvalue weighted by Gasteiger charge is 2.43. The minimum absolute atomic E-state index is 0.0601. The minimum Gasteiger partial charge on any atom is -0.343 e. The van der Waals surface area contributed by atoms with E-state index < -0.39 is 0 Å². The van der Waals surface area contributed by atoms with Gasteiger partial charge in [0.05, 0.1) is 5.54 Å². The van der Waals surface area contributed by atoms with Gasteiger partial charge in [0.2, 0.25) is 5.91 Å². The molecule has 0 radical (unpaired) electrons. The summed E-state index contributed by atoms with van der Waals surface area (Å²) in [6.07, 6.45) is 4.88. The number of aromatic nitrogens is 3. The van der Waals surface area contributed by atoms with E-state index in [0.717, 1.165) is 25.1 Å². The standard InChI is InChI=1S/C17H22N4O/c1-16(2,13-7-4-3-5-8-13)11-14(22)20-17(9-6-10-17)15-18-12-19-21-15/h3-5,7-8,12H,6,9-11H2,1-2H3,(H,20,22)(H,18,19,21). The number of rotatable bonds is 5. The Kier molecular flexibility index (Phi) is 3.72. The SMILES string of the molecule is CC(C)(CC(=O)NC1(c2ncn[nH]2)CCC1)c1ccccc1. The Bertz CT molecular complexity index is 630. The van der Waals surface area contributed by atoms with Crippen molar-refractivity contribution in [2.24, 2.45) is 0 Å². The molecule has 0 spiro atoms. The highest BCUT2D eigenvalue weighted by atomic mass is 16.1. The van der Waals surface area contributed by atoms with Gasteiger partial charge in [0.1, 0.15) is 12.2 Å². The molecule has 1 aliphatic carbocycles. The first kappa shape index (κ1) is 14.8. The normalized spacial score (nSPS) is 16.8. The Labute approximate surface area is 130 Å². The quantitative estimate of drug-likeness (QED) is 0.891. The molecule has 2 aromatic rings. The molecule has 0 atom stereocenters. The second kappa shape index (κ2) is 5.55. The number of nitrogens with one attached hydrogen (secondary N) is 2. The number of hydrogen-bond acceptors (Lipinski definition) is 3. The Hall–Kier alpha value is -2.17. The van der Waals surface area contributed by atoms with E-state index in [1.54, 1.807) is 0 Å². The molecule has 116 valence electrons. The van der Waals surface area contributed by atoms with Crippen LogP contribution in [0.5, 0.6) is 0 Å². The average molecular weight is 298 g/mol. The van der Waals surface area contributed by atoms with Crippen molar-refractivity contribution in [3.8, 4) is 0 Å². The molecule has 1 heterocycles. The summed E-state index contributed by atoms with van der Waals surface area (Å²) in [6, 6.07) is 10.2. The predicted octanol–water partition coefficient (Wildman–Crippen LogP) is 2.67. The summed E-state index contributed by atoms with van der Waals surface area (Å²) in [5.41, 5.74) is 0.630. The predicted molar refractivity (Wildman–Crippen MR) is 84.1 cm³/mol. The van der Waals surface area contributed by atoms with Crippen LogP contribution in [0.3, 0.4) is 0 Å². The molecule has 1 aliphatic rings. The van der Waals surface area contributed by atoms with Gasteiger partial charge in [-0.2, -0.15) is 5.10 Å². The molecule has 1 amide bonds. The van der Waals surface area contributed by atoms with E-state index in [1.165, 1.54) is 11.9 Å².